The van der Waals surface area contributed by atoms with Gasteiger partial charge < -0.3 is 24.6 Å². The number of aryl methyl sites for hydroxylation is 1. The lowest BCUT2D eigenvalue weighted by molar-refractivity contribution is -0.140. The van der Waals surface area contributed by atoms with Crippen LogP contribution in [0.4, 0.5) is 5.69 Å². The van der Waals surface area contributed by atoms with E-state index in [0.717, 1.165) is 5.56 Å². The van der Waals surface area contributed by atoms with Crippen molar-refractivity contribution in [1.29, 1.82) is 0 Å². The van der Waals surface area contributed by atoms with Crippen LogP contribution < -0.4 is 9.64 Å². The molecule has 0 spiro atoms. The number of allylic oxidation sites excluding steroid dienone is 1. The van der Waals surface area contributed by atoms with E-state index in [1.54, 1.807) is 34.9 Å². The second kappa shape index (κ2) is 13.6. The number of rotatable bonds is 14. The molecule has 1 aliphatic rings. The average molecular weight is 563 g/mol. The minimum Gasteiger partial charge on any atom is -0.497 e. The molecule has 2 N–H and O–H groups in total. The molecule has 0 bridgehead atoms. The fourth-order valence-corrected chi connectivity index (χ4v) is 5.20. The van der Waals surface area contributed by atoms with E-state index in [4.69, 9.17) is 9.47 Å². The lowest BCUT2D eigenvalue weighted by Crippen LogP contribution is -2.44. The van der Waals surface area contributed by atoms with Gasteiger partial charge in [0, 0.05) is 37.2 Å². The number of carbonyl (C=O) groups is 2. The van der Waals surface area contributed by atoms with Crippen LogP contribution in [0.15, 0.2) is 66.9 Å². The van der Waals surface area contributed by atoms with E-state index >= 15 is 0 Å². The second-order valence-corrected chi connectivity index (χ2v) is 10.2. The summed E-state index contributed by atoms with van der Waals surface area (Å²) in [6.45, 7) is 2.67. The first-order valence-electron chi connectivity index (χ1n) is 13.9. The highest BCUT2D eigenvalue weighted by Gasteiger charge is 2.52. The number of benzene rings is 2. The number of unbranched alkanes of at least 4 members (excludes halogenated alkanes) is 1. The molecule has 0 aliphatic carbocycles. The molecule has 0 radical (unpaired) electrons. The van der Waals surface area contributed by atoms with Gasteiger partial charge in [0.1, 0.15) is 5.75 Å². The van der Waals surface area contributed by atoms with Gasteiger partial charge in [-0.3, -0.25) is 14.3 Å². The molecule has 10 nitrogen and oxygen atoms in total. The van der Waals surface area contributed by atoms with Crippen LogP contribution in [0.25, 0.3) is 0 Å². The van der Waals surface area contributed by atoms with Crippen molar-refractivity contribution in [2.45, 2.75) is 50.7 Å². The number of aliphatic hydroxyl groups excluding tert-OH is 1. The number of carbonyl (C=O) groups excluding carboxylic acids is 2. The minimum atomic E-state index is -1.76. The van der Waals surface area contributed by atoms with Crippen LogP contribution in [0.1, 0.15) is 55.3 Å². The first-order valence-corrected chi connectivity index (χ1v) is 13.9. The lowest BCUT2D eigenvalue weighted by atomic mass is 9.83. The van der Waals surface area contributed by atoms with Gasteiger partial charge in [0.2, 0.25) is 0 Å². The van der Waals surface area contributed by atoms with E-state index in [0.29, 0.717) is 55.0 Å². The second-order valence-electron chi connectivity index (χ2n) is 10.2. The monoisotopic (exact) mass is 562 g/mol. The number of esters is 1. The topological polar surface area (TPSA) is 127 Å². The van der Waals surface area contributed by atoms with Gasteiger partial charge in [0.25, 0.3) is 5.91 Å². The Morgan fingerprint density at radius 3 is 2.61 bits per heavy atom. The molecule has 1 amide bonds. The van der Waals surface area contributed by atoms with Crippen LogP contribution in [0.5, 0.6) is 5.75 Å². The third kappa shape index (κ3) is 6.49. The Morgan fingerprint density at radius 2 is 1.90 bits per heavy atom. The molecule has 4 rings (SSSR count). The van der Waals surface area contributed by atoms with Crippen molar-refractivity contribution in [1.82, 2.24) is 15.0 Å². The van der Waals surface area contributed by atoms with E-state index in [1.165, 1.54) is 7.11 Å². The average Bonchev–Trinajstić information content (AvgIpc) is 3.55. The number of aliphatic hydroxyl groups is 2. The standard InChI is InChI=1S/C31H38N4O6/c1-22(11-7-9-17-34-20-27(32-33-34)25(21-36)23-12-5-4-6-13-23)31(39)26-19-24(40-2)15-16-28(26)35(30(31)38)18-10-8-14-29(37)41-3/h4-7,11-13,15-16,19-20,22,25,36,39H,8-10,14,17-18,21H2,1-3H3/b11-7+/t22-,25?,31+/m0/s1. The number of aromatic nitrogens is 3. The Kier molecular flexibility index (Phi) is 9.91. The maximum Gasteiger partial charge on any atom is 0.305 e. The van der Waals surface area contributed by atoms with Gasteiger partial charge in [-0.15, -0.1) is 5.10 Å². The molecule has 1 unspecified atom stereocenters. The van der Waals surface area contributed by atoms with Gasteiger partial charge in [0.15, 0.2) is 5.60 Å². The van der Waals surface area contributed by atoms with Crippen LogP contribution in [-0.4, -0.2) is 64.5 Å². The summed E-state index contributed by atoms with van der Waals surface area (Å²) in [5, 5.41) is 30.2. The van der Waals surface area contributed by atoms with Crippen molar-refractivity contribution in [3.63, 3.8) is 0 Å². The summed E-state index contributed by atoms with van der Waals surface area (Å²) in [5.41, 5.74) is 1.05. The highest BCUT2D eigenvalue weighted by molar-refractivity contribution is 6.07. The largest absolute Gasteiger partial charge is 0.497 e. The molecule has 3 atom stereocenters. The predicted octanol–water partition coefficient (Wildman–Crippen LogP) is 3.57. The molecule has 0 saturated heterocycles. The van der Waals surface area contributed by atoms with E-state index in [2.05, 4.69) is 10.3 Å². The molecule has 2 heterocycles. The van der Waals surface area contributed by atoms with Gasteiger partial charge in [0.05, 0.1) is 38.1 Å². The Balaban J connectivity index is 1.43. The summed E-state index contributed by atoms with van der Waals surface area (Å²) in [7, 11) is 2.90. The zero-order valence-electron chi connectivity index (χ0n) is 23.8. The molecule has 218 valence electrons. The van der Waals surface area contributed by atoms with Crippen LogP contribution >= 0.6 is 0 Å². The first kappa shape index (κ1) is 30.0. The van der Waals surface area contributed by atoms with E-state index in [9.17, 15) is 19.8 Å². The van der Waals surface area contributed by atoms with Gasteiger partial charge in [-0.2, -0.15) is 0 Å². The van der Waals surface area contributed by atoms with Crippen molar-refractivity contribution in [2.75, 3.05) is 32.3 Å². The maximum absolute atomic E-state index is 13.6. The zero-order chi connectivity index (χ0) is 29.4. The highest BCUT2D eigenvalue weighted by Crippen LogP contribution is 2.46. The first-order chi connectivity index (χ1) is 19.8. The van der Waals surface area contributed by atoms with Crippen molar-refractivity contribution in [3.8, 4) is 5.75 Å². The van der Waals surface area contributed by atoms with Crippen molar-refractivity contribution >= 4 is 17.6 Å². The number of fused-ring (bicyclic) bond motifs is 1. The smallest absolute Gasteiger partial charge is 0.305 e. The van der Waals surface area contributed by atoms with Crippen molar-refractivity contribution in [2.24, 2.45) is 5.92 Å². The zero-order valence-corrected chi connectivity index (χ0v) is 23.8. The molecule has 1 aliphatic heterocycles. The highest BCUT2D eigenvalue weighted by atomic mass is 16.5. The minimum absolute atomic E-state index is 0.0682. The van der Waals surface area contributed by atoms with Gasteiger partial charge >= 0.3 is 5.97 Å². The quantitative estimate of drug-likeness (QED) is 0.173. The molecular weight excluding hydrogens is 524 g/mol. The third-order valence-electron chi connectivity index (χ3n) is 7.62. The SMILES string of the molecule is COC(=O)CCCCN1C(=O)[C@@](O)([C@@H](C)/C=C/CCn2cc(C(CO)c3ccccc3)nn2)c2cc(OC)ccc21. The van der Waals surface area contributed by atoms with Crippen LogP contribution in [0.3, 0.4) is 0 Å². The van der Waals surface area contributed by atoms with Gasteiger partial charge in [-0.05, 0) is 43.0 Å². The van der Waals surface area contributed by atoms with E-state index < -0.39 is 17.4 Å². The van der Waals surface area contributed by atoms with Crippen LogP contribution in [-0.2, 0) is 26.5 Å². The fraction of sp³-hybridized carbons (Fsp3) is 0.419. The lowest BCUT2D eigenvalue weighted by Gasteiger charge is -2.27. The van der Waals surface area contributed by atoms with Gasteiger partial charge in [-0.25, -0.2) is 0 Å². The molecule has 0 saturated carbocycles. The molecule has 41 heavy (non-hydrogen) atoms. The van der Waals surface area contributed by atoms with Crippen LogP contribution in [0.2, 0.25) is 0 Å². The van der Waals surface area contributed by atoms with Crippen LogP contribution in [0, 0.1) is 5.92 Å². The Hall–Kier alpha value is -4.02. The van der Waals surface area contributed by atoms with Crippen molar-refractivity contribution in [3.05, 3.63) is 83.7 Å². The van der Waals surface area contributed by atoms with E-state index in [-0.39, 0.29) is 24.9 Å². The third-order valence-corrected chi connectivity index (χ3v) is 7.62. The van der Waals surface area contributed by atoms with Crippen molar-refractivity contribution < 1.29 is 29.3 Å². The maximum atomic E-state index is 13.6. The number of amides is 1. The summed E-state index contributed by atoms with van der Waals surface area (Å²) in [4.78, 5) is 26.7. The Bertz CT molecular complexity index is 1360. The number of methoxy groups -OCH3 is 2. The summed E-state index contributed by atoms with van der Waals surface area (Å²) in [6.07, 6.45) is 7.65. The molecular formula is C31H38N4O6. The fourth-order valence-electron chi connectivity index (χ4n) is 5.20. The van der Waals surface area contributed by atoms with Gasteiger partial charge in [-0.1, -0.05) is 54.6 Å². The summed E-state index contributed by atoms with van der Waals surface area (Å²) in [5.74, 6) is -0.900. The normalized spacial score (nSPS) is 18.0. The summed E-state index contributed by atoms with van der Waals surface area (Å²) >= 11 is 0. The summed E-state index contributed by atoms with van der Waals surface area (Å²) in [6, 6.07) is 15.0. The number of nitrogens with zero attached hydrogens (tertiary/aromatic N) is 4. The molecule has 10 heteroatoms. The number of hydrogen-bond donors (Lipinski definition) is 2. The number of anilines is 1. The van der Waals surface area contributed by atoms with E-state index in [1.807, 2.05) is 55.6 Å². The Morgan fingerprint density at radius 1 is 1.12 bits per heavy atom. The number of hydrogen-bond acceptors (Lipinski definition) is 8. The molecule has 3 aromatic rings. The number of ether oxygens (including phenoxy) is 2. The Labute approximate surface area is 240 Å². The predicted molar refractivity (Wildman–Crippen MR) is 153 cm³/mol. The molecule has 2 aromatic carbocycles. The summed E-state index contributed by atoms with van der Waals surface area (Å²) < 4.78 is 11.8. The molecule has 0 fully saturated rings. The molecule has 1 aromatic heterocycles.